The van der Waals surface area contributed by atoms with Gasteiger partial charge in [0.25, 0.3) is 5.56 Å². The highest BCUT2D eigenvalue weighted by Gasteiger charge is 2.23. The van der Waals surface area contributed by atoms with Crippen LogP contribution in [0, 0.1) is 5.92 Å². The summed E-state index contributed by atoms with van der Waals surface area (Å²) in [7, 11) is 0. The van der Waals surface area contributed by atoms with Crippen LogP contribution in [0.2, 0.25) is 0 Å². The predicted octanol–water partition coefficient (Wildman–Crippen LogP) is 0.312. The topological polar surface area (TPSA) is 97.0 Å². The number of aryl methyl sites for hydroxylation is 1. The molecule has 3 heterocycles. The molecule has 2 aromatic rings. The molecule has 1 amide bonds. The van der Waals surface area contributed by atoms with E-state index in [1.54, 1.807) is 23.2 Å². The summed E-state index contributed by atoms with van der Waals surface area (Å²) in [5.74, 6) is -0.240. The Morgan fingerprint density at radius 2 is 2.32 bits per heavy atom. The molecule has 0 aliphatic carbocycles. The molecular formula is C15H21N5O2. The van der Waals surface area contributed by atoms with Crippen molar-refractivity contribution in [3.63, 3.8) is 0 Å². The number of fused-ring (bicyclic) bond motifs is 1. The fourth-order valence-electron chi connectivity index (χ4n) is 3.08. The molecule has 3 rings (SSSR count). The van der Waals surface area contributed by atoms with Crippen LogP contribution < -0.4 is 11.3 Å². The van der Waals surface area contributed by atoms with E-state index >= 15 is 0 Å². The van der Waals surface area contributed by atoms with Crippen molar-refractivity contribution < 1.29 is 4.79 Å². The van der Waals surface area contributed by atoms with Gasteiger partial charge in [-0.3, -0.25) is 14.2 Å². The minimum absolute atomic E-state index is 0.0339. The van der Waals surface area contributed by atoms with Gasteiger partial charge in [0, 0.05) is 19.3 Å². The highest BCUT2D eigenvalue weighted by atomic mass is 16.1. The fourth-order valence-corrected chi connectivity index (χ4v) is 3.08. The van der Waals surface area contributed by atoms with Gasteiger partial charge < -0.3 is 15.6 Å². The molecule has 22 heavy (non-hydrogen) atoms. The number of amides is 1. The number of aromatic nitrogens is 3. The van der Waals surface area contributed by atoms with Gasteiger partial charge >= 0.3 is 0 Å². The number of carbonyl (C=O) groups excluding carboxylic acids is 1. The first-order valence-electron chi connectivity index (χ1n) is 7.69. The number of nitrogens with zero attached hydrogens (tertiary/aromatic N) is 3. The third kappa shape index (κ3) is 3.04. The molecule has 2 aromatic heterocycles. The molecule has 7 nitrogen and oxygen atoms in total. The lowest BCUT2D eigenvalue weighted by Crippen LogP contribution is -2.41. The van der Waals surface area contributed by atoms with E-state index in [0.29, 0.717) is 17.6 Å². The minimum Gasteiger partial charge on any atom is -0.369 e. The highest BCUT2D eigenvalue weighted by molar-refractivity contribution is 5.77. The number of H-pyrrole nitrogens is 1. The summed E-state index contributed by atoms with van der Waals surface area (Å²) in [4.78, 5) is 32.9. The lowest BCUT2D eigenvalue weighted by Gasteiger charge is -2.31. The van der Waals surface area contributed by atoms with Crippen LogP contribution in [0.25, 0.3) is 11.0 Å². The smallest absolute Gasteiger partial charge is 0.277 e. The molecule has 3 N–H and O–H groups in total. The molecule has 1 aliphatic heterocycles. The Bertz CT molecular complexity index is 720. The van der Waals surface area contributed by atoms with E-state index in [0.717, 1.165) is 38.9 Å². The van der Waals surface area contributed by atoms with Crippen LogP contribution in [0.1, 0.15) is 19.3 Å². The number of primary amides is 1. The number of carbonyl (C=O) groups is 1. The summed E-state index contributed by atoms with van der Waals surface area (Å²) in [5, 5.41) is 0. The van der Waals surface area contributed by atoms with Crippen molar-refractivity contribution >= 4 is 16.9 Å². The average molecular weight is 303 g/mol. The molecule has 7 heteroatoms. The standard InChI is InChI=1S/C15H21N5O2/c16-14(21)11-3-1-6-19(9-11)7-2-8-20-10-18-12-4-5-17-13(12)15(20)22/h4-5,10-11,17H,1-3,6-9H2,(H2,16,21). The Morgan fingerprint density at radius 3 is 3.14 bits per heavy atom. The molecule has 0 spiro atoms. The third-order valence-electron chi connectivity index (χ3n) is 4.32. The van der Waals surface area contributed by atoms with Crippen LogP contribution in [0.15, 0.2) is 23.4 Å². The van der Waals surface area contributed by atoms with Gasteiger partial charge in [-0.25, -0.2) is 4.98 Å². The van der Waals surface area contributed by atoms with Crippen LogP contribution >= 0.6 is 0 Å². The summed E-state index contributed by atoms with van der Waals surface area (Å²) < 4.78 is 1.63. The lowest BCUT2D eigenvalue weighted by atomic mass is 9.97. The molecule has 1 fully saturated rings. The van der Waals surface area contributed by atoms with Gasteiger partial charge in [-0.05, 0) is 38.4 Å². The fraction of sp³-hybridized carbons (Fsp3) is 0.533. The zero-order valence-corrected chi connectivity index (χ0v) is 12.5. The minimum atomic E-state index is -0.206. The maximum absolute atomic E-state index is 12.2. The van der Waals surface area contributed by atoms with Crippen molar-refractivity contribution in [2.75, 3.05) is 19.6 Å². The molecule has 118 valence electrons. The van der Waals surface area contributed by atoms with E-state index in [1.807, 2.05) is 0 Å². The van der Waals surface area contributed by atoms with Crippen molar-refractivity contribution in [1.29, 1.82) is 0 Å². The number of nitrogens with two attached hydrogens (primary N) is 1. The summed E-state index contributed by atoms with van der Waals surface area (Å²) in [6.45, 7) is 3.21. The number of aromatic amines is 1. The van der Waals surface area contributed by atoms with Crippen LogP contribution in [-0.4, -0.2) is 45.0 Å². The van der Waals surface area contributed by atoms with E-state index in [9.17, 15) is 9.59 Å². The van der Waals surface area contributed by atoms with Gasteiger partial charge in [0.15, 0.2) is 0 Å². The molecule has 0 saturated carbocycles. The van der Waals surface area contributed by atoms with Crippen LogP contribution in [0.3, 0.4) is 0 Å². The first kappa shape index (κ1) is 14.8. The molecular weight excluding hydrogens is 282 g/mol. The first-order chi connectivity index (χ1) is 10.6. The van der Waals surface area contributed by atoms with Gasteiger partial charge in [-0.2, -0.15) is 0 Å². The normalized spacial score (nSPS) is 19.5. The van der Waals surface area contributed by atoms with Gasteiger partial charge in [-0.1, -0.05) is 0 Å². The number of hydrogen-bond donors (Lipinski definition) is 2. The largest absolute Gasteiger partial charge is 0.369 e. The number of nitrogens with one attached hydrogen (secondary N) is 1. The van der Waals surface area contributed by atoms with E-state index in [1.165, 1.54) is 0 Å². The summed E-state index contributed by atoms with van der Waals surface area (Å²) in [5.41, 5.74) is 6.60. The van der Waals surface area contributed by atoms with Gasteiger partial charge in [-0.15, -0.1) is 0 Å². The third-order valence-corrected chi connectivity index (χ3v) is 4.32. The van der Waals surface area contributed by atoms with Crippen molar-refractivity contribution in [1.82, 2.24) is 19.4 Å². The van der Waals surface area contributed by atoms with E-state index < -0.39 is 0 Å². The van der Waals surface area contributed by atoms with Crippen molar-refractivity contribution in [3.8, 4) is 0 Å². The average Bonchev–Trinajstić information content (AvgIpc) is 2.99. The van der Waals surface area contributed by atoms with E-state index in [-0.39, 0.29) is 17.4 Å². The number of likely N-dealkylation sites (tertiary alicyclic amines) is 1. The summed E-state index contributed by atoms with van der Waals surface area (Å²) in [6.07, 6.45) is 6.06. The van der Waals surface area contributed by atoms with Gasteiger partial charge in [0.2, 0.25) is 5.91 Å². The quantitative estimate of drug-likeness (QED) is 0.831. The van der Waals surface area contributed by atoms with Crippen LogP contribution in [0.4, 0.5) is 0 Å². The molecule has 1 atom stereocenters. The Labute approximate surface area is 128 Å². The van der Waals surface area contributed by atoms with Gasteiger partial charge in [0.05, 0.1) is 17.8 Å². The number of piperidine rings is 1. The summed E-state index contributed by atoms with van der Waals surface area (Å²) >= 11 is 0. The Balaban J connectivity index is 1.57. The molecule has 1 aliphatic rings. The highest BCUT2D eigenvalue weighted by Crippen LogP contribution is 2.16. The molecule has 1 unspecified atom stereocenters. The van der Waals surface area contributed by atoms with E-state index in [2.05, 4.69) is 14.9 Å². The Morgan fingerprint density at radius 1 is 1.45 bits per heavy atom. The number of hydrogen-bond acceptors (Lipinski definition) is 4. The van der Waals surface area contributed by atoms with Crippen molar-refractivity contribution in [2.45, 2.75) is 25.8 Å². The Hall–Kier alpha value is -2.15. The molecule has 1 saturated heterocycles. The second-order valence-electron chi connectivity index (χ2n) is 5.88. The number of rotatable bonds is 5. The van der Waals surface area contributed by atoms with Crippen LogP contribution in [0.5, 0.6) is 0 Å². The lowest BCUT2D eigenvalue weighted by molar-refractivity contribution is -0.123. The van der Waals surface area contributed by atoms with Crippen molar-refractivity contribution in [2.24, 2.45) is 11.7 Å². The molecule has 0 aromatic carbocycles. The predicted molar refractivity (Wildman–Crippen MR) is 83.3 cm³/mol. The maximum Gasteiger partial charge on any atom is 0.277 e. The second kappa shape index (κ2) is 6.31. The van der Waals surface area contributed by atoms with Gasteiger partial charge in [0.1, 0.15) is 5.52 Å². The van der Waals surface area contributed by atoms with E-state index in [4.69, 9.17) is 5.73 Å². The monoisotopic (exact) mass is 303 g/mol. The first-order valence-corrected chi connectivity index (χ1v) is 7.69. The summed E-state index contributed by atoms with van der Waals surface area (Å²) in [6, 6.07) is 1.79. The zero-order chi connectivity index (χ0) is 15.5. The maximum atomic E-state index is 12.2. The molecule has 0 bridgehead atoms. The van der Waals surface area contributed by atoms with Crippen LogP contribution in [-0.2, 0) is 11.3 Å². The zero-order valence-electron chi connectivity index (χ0n) is 12.5. The second-order valence-corrected chi connectivity index (χ2v) is 5.88. The van der Waals surface area contributed by atoms with Crippen molar-refractivity contribution in [3.05, 3.63) is 28.9 Å². The SMILES string of the molecule is NC(=O)C1CCCN(CCCn2cnc3cc[nH]c3c2=O)C1. The Kier molecular flexibility index (Phi) is 4.24. The molecule has 0 radical (unpaired) electrons.